The van der Waals surface area contributed by atoms with E-state index >= 15 is 0 Å². The highest BCUT2D eigenvalue weighted by atomic mass is 35.5. The maximum absolute atomic E-state index is 13.5. The lowest BCUT2D eigenvalue weighted by molar-refractivity contribution is 0.102. The number of hydrogen-bond donors (Lipinski definition) is 0. The average molecular weight is 300 g/mol. The number of nitrogens with zero attached hydrogens (tertiary/aromatic N) is 1. The molecule has 0 aliphatic heterocycles. The van der Waals surface area contributed by atoms with Crippen molar-refractivity contribution in [2.45, 2.75) is 13.8 Å². The number of Topliss-reactive ketones (excluding diaryl/α,β-unsaturated/α-hetero) is 1. The topological polar surface area (TPSA) is 22.0 Å². The van der Waals surface area contributed by atoms with Gasteiger partial charge < -0.3 is 4.57 Å². The lowest BCUT2D eigenvalue weighted by Crippen LogP contribution is -2.04. The molecular formula is C14H12Cl2FNO. The minimum Gasteiger partial charge on any atom is -0.318 e. The number of benzene rings is 1. The highest BCUT2D eigenvalue weighted by Crippen LogP contribution is 2.24. The van der Waals surface area contributed by atoms with Crippen molar-refractivity contribution >= 4 is 29.0 Å². The van der Waals surface area contributed by atoms with Gasteiger partial charge in [-0.25, -0.2) is 4.39 Å². The molecule has 0 aliphatic rings. The van der Waals surface area contributed by atoms with Crippen LogP contribution < -0.4 is 0 Å². The van der Waals surface area contributed by atoms with Crippen LogP contribution in [0.25, 0.3) is 5.69 Å². The molecule has 0 radical (unpaired) electrons. The van der Waals surface area contributed by atoms with Gasteiger partial charge in [-0.2, -0.15) is 0 Å². The van der Waals surface area contributed by atoms with E-state index in [2.05, 4.69) is 0 Å². The lowest BCUT2D eigenvalue weighted by atomic mass is 10.2. The summed E-state index contributed by atoms with van der Waals surface area (Å²) < 4.78 is 15.3. The van der Waals surface area contributed by atoms with Gasteiger partial charge in [0, 0.05) is 22.6 Å². The Kier molecular flexibility index (Phi) is 3.97. The molecule has 0 aliphatic carbocycles. The molecule has 100 valence electrons. The fourth-order valence-corrected chi connectivity index (χ4v) is 2.40. The summed E-state index contributed by atoms with van der Waals surface area (Å²) in [6.45, 7) is 3.66. The van der Waals surface area contributed by atoms with E-state index in [1.165, 1.54) is 12.1 Å². The SMILES string of the molecule is Cc1cc(C(=O)CCl)c(C)n1-c1ccc(Cl)c(F)c1. The number of alkyl halides is 1. The molecule has 0 saturated heterocycles. The van der Waals surface area contributed by atoms with Crippen LogP contribution in [0.4, 0.5) is 4.39 Å². The van der Waals surface area contributed by atoms with Gasteiger partial charge in [0.25, 0.3) is 0 Å². The summed E-state index contributed by atoms with van der Waals surface area (Å²) in [4.78, 5) is 11.7. The summed E-state index contributed by atoms with van der Waals surface area (Å²) in [6, 6.07) is 6.30. The molecule has 19 heavy (non-hydrogen) atoms. The van der Waals surface area contributed by atoms with E-state index in [1.807, 2.05) is 6.92 Å². The van der Waals surface area contributed by atoms with Crippen molar-refractivity contribution in [2.75, 3.05) is 5.88 Å². The van der Waals surface area contributed by atoms with Crippen LogP contribution in [0.15, 0.2) is 24.3 Å². The van der Waals surface area contributed by atoms with Crippen LogP contribution >= 0.6 is 23.2 Å². The van der Waals surface area contributed by atoms with E-state index in [-0.39, 0.29) is 16.7 Å². The summed E-state index contributed by atoms with van der Waals surface area (Å²) >= 11 is 11.2. The van der Waals surface area contributed by atoms with Crippen LogP contribution in [0, 0.1) is 19.7 Å². The second kappa shape index (κ2) is 5.35. The Hall–Kier alpha value is -1.32. The first kappa shape index (κ1) is 14.1. The van der Waals surface area contributed by atoms with Crippen LogP contribution in [0.2, 0.25) is 5.02 Å². The molecule has 0 amide bonds. The molecule has 0 N–H and O–H groups in total. The molecule has 2 aromatic rings. The fraction of sp³-hybridized carbons (Fsp3) is 0.214. The van der Waals surface area contributed by atoms with E-state index in [0.29, 0.717) is 11.3 Å². The van der Waals surface area contributed by atoms with E-state index in [4.69, 9.17) is 23.2 Å². The molecule has 2 rings (SSSR count). The second-order valence-electron chi connectivity index (χ2n) is 4.28. The fourth-order valence-electron chi connectivity index (χ4n) is 2.14. The van der Waals surface area contributed by atoms with E-state index in [0.717, 1.165) is 11.4 Å². The number of halogens is 3. The van der Waals surface area contributed by atoms with Gasteiger partial charge >= 0.3 is 0 Å². The van der Waals surface area contributed by atoms with Crippen molar-refractivity contribution in [1.82, 2.24) is 4.57 Å². The third kappa shape index (κ3) is 2.53. The number of carbonyl (C=O) groups excluding carboxylic acids is 1. The predicted octanol–water partition coefficient (Wildman–Crippen LogP) is 4.31. The molecular weight excluding hydrogens is 288 g/mol. The first-order chi connectivity index (χ1) is 8.95. The van der Waals surface area contributed by atoms with Crippen LogP contribution in [0.3, 0.4) is 0 Å². The Morgan fingerprint density at radius 1 is 1.32 bits per heavy atom. The zero-order valence-corrected chi connectivity index (χ0v) is 12.0. The van der Waals surface area contributed by atoms with Crippen LogP contribution in [-0.4, -0.2) is 16.2 Å². The molecule has 0 spiro atoms. The average Bonchev–Trinajstić information content (AvgIpc) is 2.68. The summed E-state index contributed by atoms with van der Waals surface area (Å²) in [5, 5.41) is 0.0725. The third-order valence-electron chi connectivity index (χ3n) is 3.01. The maximum Gasteiger partial charge on any atom is 0.179 e. The van der Waals surface area contributed by atoms with Crippen molar-refractivity contribution in [1.29, 1.82) is 0 Å². The molecule has 0 bridgehead atoms. The van der Waals surface area contributed by atoms with Crippen molar-refractivity contribution in [3.63, 3.8) is 0 Å². The van der Waals surface area contributed by atoms with Gasteiger partial charge in [0.05, 0.1) is 10.9 Å². The number of rotatable bonds is 3. The van der Waals surface area contributed by atoms with E-state index in [1.54, 1.807) is 23.6 Å². The summed E-state index contributed by atoms with van der Waals surface area (Å²) in [6.07, 6.45) is 0. The first-order valence-electron chi connectivity index (χ1n) is 5.69. The van der Waals surface area contributed by atoms with Crippen LogP contribution in [-0.2, 0) is 0 Å². The smallest absolute Gasteiger partial charge is 0.179 e. The van der Waals surface area contributed by atoms with Gasteiger partial charge in [-0.15, -0.1) is 11.6 Å². The Bertz CT molecular complexity index is 649. The molecule has 0 unspecified atom stereocenters. The van der Waals surface area contributed by atoms with E-state index < -0.39 is 5.82 Å². The normalized spacial score (nSPS) is 10.8. The van der Waals surface area contributed by atoms with Crippen LogP contribution in [0.5, 0.6) is 0 Å². The Balaban J connectivity index is 2.59. The summed E-state index contributed by atoms with van der Waals surface area (Å²) in [7, 11) is 0. The Labute approximate surface area is 120 Å². The molecule has 5 heteroatoms. The minimum atomic E-state index is -0.489. The van der Waals surface area contributed by atoms with Crippen molar-refractivity contribution in [3.05, 3.63) is 52.1 Å². The highest BCUT2D eigenvalue weighted by molar-refractivity contribution is 6.31. The molecule has 0 fully saturated rings. The number of aromatic nitrogens is 1. The third-order valence-corrected chi connectivity index (χ3v) is 3.56. The molecule has 0 atom stereocenters. The van der Waals surface area contributed by atoms with Crippen molar-refractivity contribution < 1.29 is 9.18 Å². The van der Waals surface area contributed by atoms with Gasteiger partial charge in [-0.1, -0.05) is 11.6 Å². The number of hydrogen-bond acceptors (Lipinski definition) is 1. The van der Waals surface area contributed by atoms with Gasteiger partial charge in [0.2, 0.25) is 0 Å². The van der Waals surface area contributed by atoms with Gasteiger partial charge in [0.1, 0.15) is 5.82 Å². The van der Waals surface area contributed by atoms with Crippen molar-refractivity contribution in [3.8, 4) is 5.69 Å². The number of aryl methyl sites for hydroxylation is 1. The molecule has 1 aromatic heterocycles. The zero-order valence-electron chi connectivity index (χ0n) is 10.5. The standard InChI is InChI=1S/C14H12Cl2FNO/c1-8-5-11(14(19)7-15)9(2)18(8)10-3-4-12(16)13(17)6-10/h3-6H,7H2,1-2H3. The lowest BCUT2D eigenvalue weighted by Gasteiger charge is -2.10. The van der Waals surface area contributed by atoms with Crippen molar-refractivity contribution in [2.24, 2.45) is 0 Å². The second-order valence-corrected chi connectivity index (χ2v) is 4.95. The van der Waals surface area contributed by atoms with Gasteiger partial charge in [-0.3, -0.25) is 4.79 Å². The largest absolute Gasteiger partial charge is 0.318 e. The Morgan fingerprint density at radius 3 is 2.58 bits per heavy atom. The minimum absolute atomic E-state index is 0.0702. The first-order valence-corrected chi connectivity index (χ1v) is 6.60. The number of carbonyl (C=O) groups is 1. The predicted molar refractivity (Wildman–Crippen MR) is 75.3 cm³/mol. The Morgan fingerprint density at radius 2 is 2.00 bits per heavy atom. The van der Waals surface area contributed by atoms with Gasteiger partial charge in [0.15, 0.2) is 5.78 Å². The number of ketones is 1. The van der Waals surface area contributed by atoms with Gasteiger partial charge in [-0.05, 0) is 38.1 Å². The maximum atomic E-state index is 13.5. The van der Waals surface area contributed by atoms with E-state index in [9.17, 15) is 9.18 Å². The molecule has 1 aromatic carbocycles. The quantitative estimate of drug-likeness (QED) is 0.611. The molecule has 2 nitrogen and oxygen atoms in total. The zero-order chi connectivity index (χ0) is 14.2. The summed E-state index contributed by atoms with van der Waals surface area (Å²) in [5.41, 5.74) is 2.77. The molecule has 0 saturated carbocycles. The summed E-state index contributed by atoms with van der Waals surface area (Å²) in [5.74, 6) is -0.702. The molecule has 1 heterocycles. The monoisotopic (exact) mass is 299 g/mol. The van der Waals surface area contributed by atoms with Crippen LogP contribution in [0.1, 0.15) is 21.7 Å². The highest BCUT2D eigenvalue weighted by Gasteiger charge is 2.16.